The Morgan fingerprint density at radius 1 is 1.03 bits per heavy atom. The Hall–Kier alpha value is -2.59. The smallest absolute Gasteiger partial charge is 0.416 e. The number of carbonyl (C=O) groups excluding carboxylic acids is 1. The van der Waals surface area contributed by atoms with E-state index in [9.17, 15) is 26.4 Å². The molecule has 0 spiro atoms. The molecule has 0 saturated carbocycles. The number of halogens is 3. The third-order valence-electron chi connectivity index (χ3n) is 5.18. The van der Waals surface area contributed by atoms with Crippen molar-refractivity contribution in [1.29, 1.82) is 0 Å². The molecule has 1 aliphatic heterocycles. The monoisotopic (exact) mass is 470 g/mol. The highest BCUT2D eigenvalue weighted by Gasteiger charge is 2.34. The van der Waals surface area contributed by atoms with Crippen LogP contribution in [0.4, 0.5) is 13.2 Å². The average molecular weight is 471 g/mol. The Labute approximate surface area is 185 Å². The maximum atomic E-state index is 12.9. The first-order valence-electron chi connectivity index (χ1n) is 10.2. The Morgan fingerprint density at radius 3 is 2.38 bits per heavy atom. The van der Waals surface area contributed by atoms with Gasteiger partial charge >= 0.3 is 6.18 Å². The van der Waals surface area contributed by atoms with Crippen LogP contribution in [0.5, 0.6) is 5.75 Å². The Morgan fingerprint density at radius 2 is 1.72 bits per heavy atom. The first-order valence-corrected chi connectivity index (χ1v) is 11.7. The molecule has 0 unspecified atom stereocenters. The molecule has 1 aliphatic rings. The van der Waals surface area contributed by atoms with Gasteiger partial charge in [0.05, 0.1) is 17.1 Å². The zero-order valence-electron chi connectivity index (χ0n) is 17.6. The molecule has 10 heteroatoms. The largest absolute Gasteiger partial charge is 0.494 e. The number of rotatable bonds is 7. The molecule has 1 saturated heterocycles. The molecule has 0 atom stereocenters. The van der Waals surface area contributed by atoms with E-state index in [1.807, 2.05) is 31.2 Å². The average Bonchev–Trinajstić information content (AvgIpc) is 2.76. The number of hydrogen-bond donors (Lipinski definition) is 0. The van der Waals surface area contributed by atoms with Gasteiger partial charge in [0.2, 0.25) is 15.9 Å². The van der Waals surface area contributed by atoms with Gasteiger partial charge in [-0.25, -0.2) is 8.42 Å². The molecule has 2 aromatic carbocycles. The number of alkyl halides is 3. The zero-order chi connectivity index (χ0) is 23.4. The van der Waals surface area contributed by atoms with E-state index in [4.69, 9.17) is 4.74 Å². The third kappa shape index (κ3) is 6.01. The second-order valence-corrected chi connectivity index (χ2v) is 9.52. The summed E-state index contributed by atoms with van der Waals surface area (Å²) in [6.07, 6.45) is -3.83. The second kappa shape index (κ2) is 9.91. The predicted molar refractivity (Wildman–Crippen MR) is 113 cm³/mol. The van der Waals surface area contributed by atoms with Crippen molar-refractivity contribution in [3.8, 4) is 5.75 Å². The van der Waals surface area contributed by atoms with Gasteiger partial charge in [0.1, 0.15) is 5.75 Å². The molecule has 0 aromatic heterocycles. The molecule has 174 valence electrons. The topological polar surface area (TPSA) is 66.9 Å². The first-order chi connectivity index (χ1) is 15.1. The van der Waals surface area contributed by atoms with E-state index in [2.05, 4.69) is 0 Å². The van der Waals surface area contributed by atoms with E-state index in [1.54, 1.807) is 4.90 Å². The number of hydrogen-bond acceptors (Lipinski definition) is 4. The molecule has 1 heterocycles. The lowest BCUT2D eigenvalue weighted by Crippen LogP contribution is -2.50. The fourth-order valence-corrected chi connectivity index (χ4v) is 4.91. The fraction of sp³-hybridized carbons (Fsp3) is 0.409. The van der Waals surface area contributed by atoms with Gasteiger partial charge in [-0.1, -0.05) is 18.2 Å². The van der Waals surface area contributed by atoms with Crippen LogP contribution in [-0.2, 0) is 21.0 Å². The van der Waals surface area contributed by atoms with Crippen molar-refractivity contribution in [1.82, 2.24) is 9.21 Å². The molecule has 32 heavy (non-hydrogen) atoms. The van der Waals surface area contributed by atoms with Crippen LogP contribution in [0.25, 0.3) is 0 Å². The second-order valence-electron chi connectivity index (χ2n) is 7.58. The fourth-order valence-electron chi connectivity index (χ4n) is 3.44. The minimum atomic E-state index is -4.63. The number of amides is 1. The van der Waals surface area contributed by atoms with Crippen LogP contribution in [-0.4, -0.2) is 56.3 Å². The summed E-state index contributed by atoms with van der Waals surface area (Å²) in [5.74, 6) is 0.639. The van der Waals surface area contributed by atoms with Gasteiger partial charge in [0, 0.05) is 32.6 Å². The molecule has 0 radical (unpaired) electrons. The van der Waals surface area contributed by atoms with Crippen molar-refractivity contribution >= 4 is 15.9 Å². The van der Waals surface area contributed by atoms with Crippen LogP contribution in [0.1, 0.15) is 24.0 Å². The van der Waals surface area contributed by atoms with E-state index in [-0.39, 0.29) is 38.5 Å². The van der Waals surface area contributed by atoms with E-state index in [1.165, 1.54) is 0 Å². The summed E-state index contributed by atoms with van der Waals surface area (Å²) in [6, 6.07) is 11.3. The van der Waals surface area contributed by atoms with Crippen molar-refractivity contribution in [3.05, 3.63) is 59.7 Å². The van der Waals surface area contributed by atoms with Crippen LogP contribution in [0, 0.1) is 6.92 Å². The van der Waals surface area contributed by atoms with Gasteiger partial charge in [-0.05, 0) is 49.2 Å². The van der Waals surface area contributed by atoms with Crippen LogP contribution < -0.4 is 4.74 Å². The zero-order valence-corrected chi connectivity index (χ0v) is 18.5. The summed E-state index contributed by atoms with van der Waals surface area (Å²) >= 11 is 0. The maximum absolute atomic E-state index is 12.9. The van der Waals surface area contributed by atoms with Crippen LogP contribution in [0.2, 0.25) is 0 Å². The quantitative estimate of drug-likeness (QED) is 0.579. The number of aryl methyl sites for hydroxylation is 1. The molecule has 1 fully saturated rings. The van der Waals surface area contributed by atoms with Gasteiger partial charge in [0.25, 0.3) is 0 Å². The SMILES string of the molecule is Cc1cccc(OCCCC(=O)N2CCN(S(=O)(=O)c3cccc(C(F)(F)F)c3)CC2)c1. The molecular formula is C22H25F3N2O4S. The van der Waals surface area contributed by atoms with Crippen LogP contribution in [0.3, 0.4) is 0 Å². The Balaban J connectivity index is 1.49. The summed E-state index contributed by atoms with van der Waals surface area (Å²) in [5.41, 5.74) is 0.0665. The van der Waals surface area contributed by atoms with Crippen molar-refractivity contribution in [2.45, 2.75) is 30.8 Å². The van der Waals surface area contributed by atoms with Crippen LogP contribution >= 0.6 is 0 Å². The number of sulfonamides is 1. The normalized spacial score (nSPS) is 15.6. The van der Waals surface area contributed by atoms with Crippen molar-refractivity contribution < 1.29 is 31.1 Å². The lowest BCUT2D eigenvalue weighted by atomic mass is 10.2. The summed E-state index contributed by atoms with van der Waals surface area (Å²) in [7, 11) is -4.07. The summed E-state index contributed by atoms with van der Waals surface area (Å²) in [6.45, 7) is 2.79. The van der Waals surface area contributed by atoms with Crippen LogP contribution in [0.15, 0.2) is 53.4 Å². The lowest BCUT2D eigenvalue weighted by molar-refractivity contribution is -0.137. The van der Waals surface area contributed by atoms with Gasteiger partial charge < -0.3 is 9.64 Å². The van der Waals surface area contributed by atoms with Gasteiger partial charge in [-0.2, -0.15) is 17.5 Å². The number of nitrogens with zero attached hydrogens (tertiary/aromatic N) is 2. The summed E-state index contributed by atoms with van der Waals surface area (Å²) < 4.78 is 71.0. The molecule has 1 amide bonds. The molecule has 2 aromatic rings. The summed E-state index contributed by atoms with van der Waals surface area (Å²) in [4.78, 5) is 13.6. The molecule has 0 bridgehead atoms. The molecule has 3 rings (SSSR count). The van der Waals surface area contributed by atoms with E-state index in [0.717, 1.165) is 33.8 Å². The number of ether oxygens (including phenoxy) is 1. The van der Waals surface area contributed by atoms with Gasteiger partial charge in [-0.15, -0.1) is 0 Å². The number of benzene rings is 2. The van der Waals surface area contributed by atoms with E-state index in [0.29, 0.717) is 19.1 Å². The standard InChI is InChI=1S/C22H25F3N2O4S/c1-17-5-2-7-19(15-17)31-14-4-9-21(28)26-10-12-27(13-11-26)32(29,30)20-8-3-6-18(16-20)22(23,24)25/h2-3,5-8,15-16H,4,9-14H2,1H3. The highest BCUT2D eigenvalue weighted by atomic mass is 32.2. The summed E-state index contributed by atoms with van der Waals surface area (Å²) in [5, 5.41) is 0. The predicted octanol–water partition coefficient (Wildman–Crippen LogP) is 3.71. The minimum Gasteiger partial charge on any atom is -0.494 e. The van der Waals surface area contributed by atoms with Crippen molar-refractivity contribution in [3.63, 3.8) is 0 Å². The van der Waals surface area contributed by atoms with Gasteiger partial charge in [0.15, 0.2) is 0 Å². The minimum absolute atomic E-state index is 0.0319. The maximum Gasteiger partial charge on any atom is 0.416 e. The molecule has 0 aliphatic carbocycles. The lowest BCUT2D eigenvalue weighted by Gasteiger charge is -2.34. The highest BCUT2D eigenvalue weighted by Crippen LogP contribution is 2.31. The Bertz CT molecular complexity index is 1050. The Kier molecular flexibility index (Phi) is 7.45. The molecule has 6 nitrogen and oxygen atoms in total. The van der Waals surface area contributed by atoms with Crippen molar-refractivity contribution in [2.24, 2.45) is 0 Å². The third-order valence-corrected chi connectivity index (χ3v) is 7.08. The first kappa shape index (κ1) is 24.1. The van der Waals surface area contributed by atoms with E-state index >= 15 is 0 Å². The highest BCUT2D eigenvalue weighted by molar-refractivity contribution is 7.89. The number of piperazine rings is 1. The van der Waals surface area contributed by atoms with Crippen molar-refractivity contribution in [2.75, 3.05) is 32.8 Å². The molecular weight excluding hydrogens is 445 g/mol. The van der Waals surface area contributed by atoms with Gasteiger partial charge in [-0.3, -0.25) is 4.79 Å². The molecule has 0 N–H and O–H groups in total. The number of carbonyl (C=O) groups is 1. The van der Waals surface area contributed by atoms with E-state index < -0.39 is 26.7 Å².